The quantitative estimate of drug-likeness (QED) is 0.430. The topological polar surface area (TPSA) is 107 Å². The number of hydrogen-bond acceptors (Lipinski definition) is 7. The van der Waals surface area contributed by atoms with Gasteiger partial charge in [0.25, 0.3) is 0 Å². The van der Waals surface area contributed by atoms with Crippen molar-refractivity contribution in [3.8, 4) is 0 Å². The molecule has 1 aliphatic heterocycles. The Bertz CT molecular complexity index is 1230. The molecule has 186 valence electrons. The molecule has 3 atom stereocenters. The fourth-order valence-corrected chi connectivity index (χ4v) is 7.78. The summed E-state index contributed by atoms with van der Waals surface area (Å²) in [4.78, 5) is 12.5. The van der Waals surface area contributed by atoms with Gasteiger partial charge in [0.05, 0.1) is 11.0 Å². The molecule has 5 aliphatic rings. The lowest BCUT2D eigenvalue weighted by Crippen LogP contribution is -2.59. The zero-order chi connectivity index (χ0) is 23.7. The first-order valence-electron chi connectivity index (χ1n) is 13.3. The summed E-state index contributed by atoms with van der Waals surface area (Å²) in [5, 5.41) is 26.6. The van der Waals surface area contributed by atoms with Crippen LogP contribution in [0, 0.1) is 24.7 Å². The SMILES string of the molecule is Cc1cc(Nc2nc(NC3C4CC5CC3CC(O)(C5)C4)nc3c2ccn3C[C@H]2CCCN2C)n[nH]1. The number of aryl methyl sites for hydroxylation is 1. The van der Waals surface area contributed by atoms with Gasteiger partial charge in [-0.25, -0.2) is 0 Å². The Morgan fingerprint density at radius 3 is 2.71 bits per heavy atom. The van der Waals surface area contributed by atoms with Crippen LogP contribution >= 0.6 is 0 Å². The number of hydrogen-bond donors (Lipinski definition) is 4. The lowest BCUT2D eigenvalue weighted by Gasteiger charge is -2.58. The summed E-state index contributed by atoms with van der Waals surface area (Å²) < 4.78 is 2.29. The lowest BCUT2D eigenvalue weighted by molar-refractivity contribution is -0.129. The second-order valence-corrected chi connectivity index (χ2v) is 11.8. The van der Waals surface area contributed by atoms with Crippen molar-refractivity contribution in [2.45, 2.75) is 76.1 Å². The highest BCUT2D eigenvalue weighted by atomic mass is 16.3. The maximum atomic E-state index is 11.0. The molecule has 0 aromatic carbocycles. The van der Waals surface area contributed by atoms with Crippen molar-refractivity contribution in [2.75, 3.05) is 24.2 Å². The van der Waals surface area contributed by atoms with Crippen LogP contribution in [0.2, 0.25) is 0 Å². The zero-order valence-electron chi connectivity index (χ0n) is 20.7. The summed E-state index contributed by atoms with van der Waals surface area (Å²) >= 11 is 0. The fourth-order valence-electron chi connectivity index (χ4n) is 7.78. The number of aromatic nitrogens is 5. The molecule has 0 amide bonds. The van der Waals surface area contributed by atoms with Crippen LogP contribution in [0.3, 0.4) is 0 Å². The third-order valence-electron chi connectivity index (χ3n) is 9.19. The van der Waals surface area contributed by atoms with Gasteiger partial charge in [-0.05, 0) is 89.3 Å². The summed E-state index contributed by atoms with van der Waals surface area (Å²) in [6, 6.07) is 4.97. The average molecular weight is 477 g/mol. The molecule has 4 bridgehead atoms. The molecule has 0 radical (unpaired) electrons. The van der Waals surface area contributed by atoms with Crippen molar-refractivity contribution in [2.24, 2.45) is 17.8 Å². The van der Waals surface area contributed by atoms with Crippen molar-refractivity contribution in [3.05, 3.63) is 24.0 Å². The number of H-pyrrole nitrogens is 1. The van der Waals surface area contributed by atoms with Gasteiger partial charge >= 0.3 is 0 Å². The van der Waals surface area contributed by atoms with Gasteiger partial charge in [0.1, 0.15) is 11.5 Å². The number of likely N-dealkylation sites (N-methyl/N-ethyl adjacent to an activating group) is 1. The molecule has 4 heterocycles. The molecule has 35 heavy (non-hydrogen) atoms. The van der Waals surface area contributed by atoms with Crippen molar-refractivity contribution in [1.82, 2.24) is 29.6 Å². The Balaban J connectivity index is 1.23. The third kappa shape index (κ3) is 3.80. The second kappa shape index (κ2) is 7.93. The number of anilines is 3. The number of likely N-dealkylation sites (tertiary alicyclic amines) is 1. The van der Waals surface area contributed by atoms with E-state index in [1.165, 1.54) is 25.7 Å². The van der Waals surface area contributed by atoms with E-state index in [0.29, 0.717) is 35.8 Å². The highest BCUT2D eigenvalue weighted by molar-refractivity contribution is 5.90. The Labute approximate surface area is 205 Å². The maximum absolute atomic E-state index is 11.0. The first-order valence-corrected chi connectivity index (χ1v) is 13.3. The van der Waals surface area contributed by atoms with E-state index in [2.05, 4.69) is 49.6 Å². The molecule has 4 aliphatic carbocycles. The lowest BCUT2D eigenvalue weighted by atomic mass is 9.52. The molecular formula is C26H36N8O. The van der Waals surface area contributed by atoms with Gasteiger partial charge in [-0.2, -0.15) is 15.1 Å². The van der Waals surface area contributed by atoms with Gasteiger partial charge in [0.15, 0.2) is 5.82 Å². The molecule has 1 saturated heterocycles. The number of nitrogens with zero attached hydrogens (tertiary/aromatic N) is 5. The number of aliphatic hydroxyl groups is 1. The summed E-state index contributed by atoms with van der Waals surface area (Å²) in [6.07, 6.45) is 9.85. The van der Waals surface area contributed by atoms with Gasteiger partial charge in [0.2, 0.25) is 5.95 Å². The van der Waals surface area contributed by atoms with E-state index in [4.69, 9.17) is 9.97 Å². The first kappa shape index (κ1) is 21.6. The van der Waals surface area contributed by atoms with Gasteiger partial charge < -0.3 is 25.2 Å². The number of rotatable bonds is 6. The molecule has 2 unspecified atom stereocenters. The van der Waals surface area contributed by atoms with Gasteiger partial charge in [-0.1, -0.05) is 0 Å². The largest absolute Gasteiger partial charge is 0.390 e. The van der Waals surface area contributed by atoms with Crippen molar-refractivity contribution < 1.29 is 5.11 Å². The summed E-state index contributed by atoms with van der Waals surface area (Å²) in [5.41, 5.74) is 1.52. The first-order chi connectivity index (χ1) is 16.9. The Hall–Kier alpha value is -2.65. The number of fused-ring (bicyclic) bond motifs is 1. The minimum atomic E-state index is -0.438. The van der Waals surface area contributed by atoms with E-state index in [0.717, 1.165) is 60.7 Å². The molecule has 3 aromatic rings. The molecule has 3 aromatic heterocycles. The van der Waals surface area contributed by atoms with E-state index in [1.807, 2.05) is 13.0 Å². The highest BCUT2D eigenvalue weighted by Gasteiger charge is 2.54. The Kier molecular flexibility index (Phi) is 4.90. The van der Waals surface area contributed by atoms with E-state index in [9.17, 15) is 5.11 Å². The van der Waals surface area contributed by atoms with Gasteiger partial charge in [-0.3, -0.25) is 5.10 Å². The van der Waals surface area contributed by atoms with Crippen molar-refractivity contribution in [3.63, 3.8) is 0 Å². The fraction of sp³-hybridized carbons (Fsp3) is 0.654. The van der Waals surface area contributed by atoms with Crippen molar-refractivity contribution in [1.29, 1.82) is 0 Å². The Morgan fingerprint density at radius 1 is 1.20 bits per heavy atom. The predicted molar refractivity (Wildman–Crippen MR) is 136 cm³/mol. The van der Waals surface area contributed by atoms with Crippen LogP contribution in [0.1, 0.15) is 50.6 Å². The van der Waals surface area contributed by atoms with Crippen LogP contribution in [0.15, 0.2) is 18.3 Å². The van der Waals surface area contributed by atoms with Crippen LogP contribution < -0.4 is 10.6 Å². The van der Waals surface area contributed by atoms with E-state index < -0.39 is 5.60 Å². The molecule has 0 spiro atoms. The second-order valence-electron chi connectivity index (χ2n) is 11.8. The van der Waals surface area contributed by atoms with Crippen LogP contribution in [0.25, 0.3) is 11.0 Å². The zero-order valence-corrected chi connectivity index (χ0v) is 20.7. The van der Waals surface area contributed by atoms with Crippen LogP contribution in [0.4, 0.5) is 17.6 Å². The molecule has 8 rings (SSSR count). The Morgan fingerprint density at radius 2 is 2.03 bits per heavy atom. The van der Waals surface area contributed by atoms with Crippen LogP contribution in [0.5, 0.6) is 0 Å². The van der Waals surface area contributed by atoms with E-state index >= 15 is 0 Å². The maximum Gasteiger partial charge on any atom is 0.226 e. The molecule has 9 heteroatoms. The normalized spacial score (nSPS) is 34.2. The molecule has 9 nitrogen and oxygen atoms in total. The molecule has 4 N–H and O–H groups in total. The highest BCUT2D eigenvalue weighted by Crippen LogP contribution is 2.56. The summed E-state index contributed by atoms with van der Waals surface area (Å²) in [7, 11) is 2.22. The standard InChI is InChI=1S/C26H36N8O/c1-15-8-21(32-31-15)27-23-20-5-7-34(14-19-4-3-6-33(19)2)24(20)30-25(29-23)28-22-17-9-16-10-18(22)13-26(35,11-16)12-17/h5,7-8,16-19,22,35H,3-4,6,9-14H2,1-2H3,(H3,27,28,29,30,31,32)/t16?,17?,18?,19-,22?,26?/m1/s1. The van der Waals surface area contributed by atoms with Gasteiger partial charge in [0, 0.05) is 36.6 Å². The molecular weight excluding hydrogens is 440 g/mol. The monoisotopic (exact) mass is 476 g/mol. The number of aromatic amines is 1. The van der Waals surface area contributed by atoms with Crippen LogP contribution in [-0.4, -0.2) is 66.0 Å². The van der Waals surface area contributed by atoms with Gasteiger partial charge in [-0.15, -0.1) is 0 Å². The summed E-state index contributed by atoms with van der Waals surface area (Å²) in [5.74, 6) is 3.89. The van der Waals surface area contributed by atoms with Crippen molar-refractivity contribution >= 4 is 28.6 Å². The molecule has 5 fully saturated rings. The average Bonchev–Trinajstić information content (AvgIpc) is 3.51. The van der Waals surface area contributed by atoms with E-state index in [1.54, 1.807) is 0 Å². The number of nitrogens with one attached hydrogen (secondary N) is 3. The van der Waals surface area contributed by atoms with E-state index in [-0.39, 0.29) is 0 Å². The van der Waals surface area contributed by atoms with Crippen LogP contribution in [-0.2, 0) is 6.54 Å². The minimum Gasteiger partial charge on any atom is -0.390 e. The summed E-state index contributed by atoms with van der Waals surface area (Å²) in [6.45, 7) is 4.09. The smallest absolute Gasteiger partial charge is 0.226 e. The molecule has 4 saturated carbocycles. The minimum absolute atomic E-state index is 0.328. The predicted octanol–water partition coefficient (Wildman–Crippen LogP) is 3.65. The third-order valence-corrected chi connectivity index (χ3v) is 9.19.